The quantitative estimate of drug-likeness (QED) is 0.767. The van der Waals surface area contributed by atoms with Gasteiger partial charge in [0.25, 0.3) is 0 Å². The van der Waals surface area contributed by atoms with E-state index in [-0.39, 0.29) is 21.1 Å². The minimum Gasteiger partial charge on any atom is -0.677 e. The molecular weight excluding hydrogens is 312 g/mol. The Balaban J connectivity index is 0.000001000. The topological polar surface area (TPSA) is 36.3 Å². The van der Waals surface area contributed by atoms with Crippen molar-refractivity contribution in [3.8, 4) is 0 Å². The SMILES string of the molecule is [NH-]CCCN1CCOCC1.[W]. The first-order valence-corrected chi connectivity index (χ1v) is 3.88. The fourth-order valence-corrected chi connectivity index (χ4v) is 1.13. The van der Waals surface area contributed by atoms with Crippen molar-refractivity contribution in [2.45, 2.75) is 6.42 Å². The smallest absolute Gasteiger partial charge is 0.0594 e. The molecule has 0 aromatic heterocycles. The van der Waals surface area contributed by atoms with Crippen LogP contribution in [0.4, 0.5) is 0 Å². The zero-order valence-corrected chi connectivity index (χ0v) is 9.65. The number of hydrogen-bond donors (Lipinski definition) is 0. The van der Waals surface area contributed by atoms with Crippen molar-refractivity contribution in [3.05, 3.63) is 5.73 Å². The Morgan fingerprint density at radius 2 is 1.91 bits per heavy atom. The molecule has 1 aliphatic rings. The monoisotopic (exact) mass is 327 g/mol. The third-order valence-corrected chi connectivity index (χ3v) is 1.75. The molecule has 1 N–H and O–H groups in total. The summed E-state index contributed by atoms with van der Waals surface area (Å²) in [7, 11) is 0. The Morgan fingerprint density at radius 3 is 2.45 bits per heavy atom. The van der Waals surface area contributed by atoms with Crippen molar-refractivity contribution in [2.75, 3.05) is 39.4 Å². The fourth-order valence-electron chi connectivity index (χ4n) is 1.13. The molecule has 0 radical (unpaired) electrons. The molecule has 1 rings (SSSR count). The van der Waals surface area contributed by atoms with Crippen LogP contribution in [-0.2, 0) is 25.8 Å². The first kappa shape index (κ1) is 11.6. The summed E-state index contributed by atoms with van der Waals surface area (Å²) in [4.78, 5) is 2.36. The second kappa shape index (κ2) is 7.23. The largest absolute Gasteiger partial charge is 0.677 e. The van der Waals surface area contributed by atoms with E-state index in [0.717, 1.165) is 39.3 Å². The Hall–Kier alpha value is 0.568. The number of nitrogens with zero attached hydrogens (tertiary/aromatic N) is 1. The normalized spacial score (nSPS) is 19.4. The van der Waals surface area contributed by atoms with Crippen molar-refractivity contribution in [1.29, 1.82) is 0 Å². The van der Waals surface area contributed by atoms with Gasteiger partial charge in [-0.05, 0) is 6.54 Å². The second-order valence-corrected chi connectivity index (χ2v) is 2.56. The van der Waals surface area contributed by atoms with E-state index in [1.54, 1.807) is 0 Å². The van der Waals surface area contributed by atoms with Gasteiger partial charge in [0.1, 0.15) is 0 Å². The molecule has 1 heterocycles. The Kier molecular flexibility index (Phi) is 7.60. The molecule has 0 aromatic carbocycles. The molecule has 0 unspecified atom stereocenters. The van der Waals surface area contributed by atoms with Crippen molar-refractivity contribution in [3.63, 3.8) is 0 Å². The van der Waals surface area contributed by atoms with Crippen LogP contribution in [0.3, 0.4) is 0 Å². The van der Waals surface area contributed by atoms with Crippen LogP contribution >= 0.6 is 0 Å². The van der Waals surface area contributed by atoms with Gasteiger partial charge in [0, 0.05) is 34.2 Å². The number of hydrogen-bond acceptors (Lipinski definition) is 2. The molecule has 1 fully saturated rings. The molecule has 4 heteroatoms. The summed E-state index contributed by atoms with van der Waals surface area (Å²) >= 11 is 0. The summed E-state index contributed by atoms with van der Waals surface area (Å²) in [6.07, 6.45) is 1.00. The molecule has 0 spiro atoms. The molecule has 11 heavy (non-hydrogen) atoms. The molecule has 3 nitrogen and oxygen atoms in total. The predicted molar refractivity (Wildman–Crippen MR) is 41.1 cm³/mol. The Labute approximate surface area is 82.5 Å². The van der Waals surface area contributed by atoms with Crippen LogP contribution in [-0.4, -0.2) is 44.3 Å². The van der Waals surface area contributed by atoms with E-state index in [2.05, 4.69) is 4.90 Å². The summed E-state index contributed by atoms with van der Waals surface area (Å²) in [6.45, 7) is 5.49. The van der Waals surface area contributed by atoms with E-state index in [4.69, 9.17) is 10.5 Å². The molecule has 0 saturated carbocycles. The van der Waals surface area contributed by atoms with E-state index in [1.807, 2.05) is 0 Å². The minimum absolute atomic E-state index is 0. The molecule has 1 saturated heterocycles. The van der Waals surface area contributed by atoms with Crippen molar-refractivity contribution in [1.82, 2.24) is 4.90 Å². The van der Waals surface area contributed by atoms with Crippen LogP contribution in [0.2, 0.25) is 0 Å². The standard InChI is InChI=1S/C7H15N2O.W/c8-2-1-3-9-4-6-10-7-5-9;/h8H,1-7H2;/q-1;. The number of ether oxygens (including phenoxy) is 1. The van der Waals surface area contributed by atoms with Gasteiger partial charge in [0.15, 0.2) is 0 Å². The average Bonchev–Trinajstić information content (AvgIpc) is 2.03. The maximum atomic E-state index is 6.96. The summed E-state index contributed by atoms with van der Waals surface area (Å²) < 4.78 is 5.19. The van der Waals surface area contributed by atoms with Crippen LogP contribution in [0, 0.1) is 0 Å². The Bertz CT molecular complexity index is 86.5. The van der Waals surface area contributed by atoms with E-state index in [9.17, 15) is 0 Å². The van der Waals surface area contributed by atoms with Gasteiger partial charge in [-0.1, -0.05) is 6.42 Å². The molecule has 66 valence electrons. The number of morpholine rings is 1. The molecule has 0 amide bonds. The molecule has 0 aromatic rings. The zero-order valence-electron chi connectivity index (χ0n) is 6.71. The number of rotatable bonds is 3. The van der Waals surface area contributed by atoms with Gasteiger partial charge in [-0.2, -0.15) is 0 Å². The second-order valence-electron chi connectivity index (χ2n) is 2.56. The van der Waals surface area contributed by atoms with Crippen LogP contribution in [0.25, 0.3) is 5.73 Å². The van der Waals surface area contributed by atoms with E-state index in [1.165, 1.54) is 0 Å². The van der Waals surface area contributed by atoms with E-state index in [0.29, 0.717) is 6.54 Å². The summed E-state index contributed by atoms with van der Waals surface area (Å²) in [6, 6.07) is 0. The van der Waals surface area contributed by atoms with Crippen LogP contribution in [0.15, 0.2) is 0 Å². The summed E-state index contributed by atoms with van der Waals surface area (Å²) in [5, 5.41) is 0. The fraction of sp³-hybridized carbons (Fsp3) is 1.00. The van der Waals surface area contributed by atoms with Gasteiger partial charge in [-0.3, -0.25) is 4.90 Å². The molecule has 0 aliphatic carbocycles. The molecule has 0 bridgehead atoms. The molecule has 1 aliphatic heterocycles. The van der Waals surface area contributed by atoms with Crippen LogP contribution in [0.5, 0.6) is 0 Å². The van der Waals surface area contributed by atoms with Crippen molar-refractivity contribution < 1.29 is 25.8 Å². The maximum absolute atomic E-state index is 6.96. The van der Waals surface area contributed by atoms with E-state index < -0.39 is 0 Å². The maximum Gasteiger partial charge on any atom is 0.0594 e. The minimum atomic E-state index is 0. The first-order chi connectivity index (χ1) is 4.93. The van der Waals surface area contributed by atoms with Crippen molar-refractivity contribution >= 4 is 0 Å². The molecular formula is C7H15N2OW-. The number of nitrogens with one attached hydrogen (secondary N) is 1. The first-order valence-electron chi connectivity index (χ1n) is 3.88. The predicted octanol–water partition coefficient (Wildman–Crippen LogP) is 0.758. The van der Waals surface area contributed by atoms with Gasteiger partial charge in [0.2, 0.25) is 0 Å². The van der Waals surface area contributed by atoms with Gasteiger partial charge in [-0.15, -0.1) is 6.54 Å². The van der Waals surface area contributed by atoms with Gasteiger partial charge >= 0.3 is 0 Å². The Morgan fingerprint density at radius 1 is 1.27 bits per heavy atom. The van der Waals surface area contributed by atoms with Gasteiger partial charge in [-0.25, -0.2) is 0 Å². The third kappa shape index (κ3) is 4.91. The average molecular weight is 327 g/mol. The zero-order chi connectivity index (χ0) is 7.23. The summed E-state index contributed by atoms with van der Waals surface area (Å²) in [5.41, 5.74) is 6.96. The third-order valence-electron chi connectivity index (χ3n) is 1.75. The summed E-state index contributed by atoms with van der Waals surface area (Å²) in [5.74, 6) is 0. The van der Waals surface area contributed by atoms with Gasteiger partial charge in [0.05, 0.1) is 13.2 Å². The van der Waals surface area contributed by atoms with Crippen molar-refractivity contribution in [2.24, 2.45) is 0 Å². The molecule has 0 atom stereocenters. The van der Waals surface area contributed by atoms with Gasteiger partial charge < -0.3 is 10.5 Å². The van der Waals surface area contributed by atoms with Crippen LogP contribution < -0.4 is 0 Å². The van der Waals surface area contributed by atoms with E-state index >= 15 is 0 Å². The van der Waals surface area contributed by atoms with Crippen LogP contribution in [0.1, 0.15) is 6.42 Å².